The third kappa shape index (κ3) is 7.87. The molecule has 1 heterocycles. The molecule has 0 spiro atoms. The first-order valence-corrected chi connectivity index (χ1v) is 12.1. The normalized spacial score (nSPS) is 19.2. The molecule has 0 aliphatic carbocycles. The summed E-state index contributed by atoms with van der Waals surface area (Å²) in [4.78, 5) is 28.0. The van der Waals surface area contributed by atoms with Crippen molar-refractivity contribution in [1.29, 1.82) is 0 Å². The van der Waals surface area contributed by atoms with Crippen molar-refractivity contribution in [3.8, 4) is 0 Å². The number of benzene rings is 2. The summed E-state index contributed by atoms with van der Waals surface area (Å²) in [6, 6.07) is 13.1. The van der Waals surface area contributed by atoms with Gasteiger partial charge in [0.05, 0.1) is 11.0 Å². The van der Waals surface area contributed by atoms with Crippen LogP contribution >= 0.6 is 0 Å². The first-order valence-electron chi connectivity index (χ1n) is 12.1. The van der Waals surface area contributed by atoms with Crippen LogP contribution < -0.4 is 11.1 Å². The third-order valence-electron chi connectivity index (χ3n) is 6.35. The number of anilines is 1. The van der Waals surface area contributed by atoms with Crippen molar-refractivity contribution in [2.75, 3.05) is 18.4 Å². The fourth-order valence-electron chi connectivity index (χ4n) is 4.55. The number of esters is 1. The van der Waals surface area contributed by atoms with Crippen LogP contribution in [0.2, 0.25) is 0 Å². The van der Waals surface area contributed by atoms with Gasteiger partial charge >= 0.3 is 18.2 Å². The summed E-state index contributed by atoms with van der Waals surface area (Å²) in [6.07, 6.45) is 4.00. The Bertz CT molecular complexity index is 1100. The van der Waals surface area contributed by atoms with Crippen LogP contribution in [0, 0.1) is 11.3 Å². The fraction of sp³-hybridized carbons (Fsp3) is 0.357. The summed E-state index contributed by atoms with van der Waals surface area (Å²) in [5, 5.41) is 2.65. The zero-order valence-corrected chi connectivity index (χ0v) is 20.7. The topological polar surface area (TPSA) is 84.7 Å². The standard InChI is InChI=1S/C28H32F3N3O3/c1-21(8-5-6-16-32)18-27(25(35)37-19-22-9-3-2-4-10-22)15-7-17-34(20-27)26(36)33-24-13-11-23(12-14-24)28(29,30)31/h2-6,8-14,16,21H,7,15,17-20,32H2,1H3,(H,33,36)/b8-5-,16-6-/t21-,27?/m1/s1. The van der Waals surface area contributed by atoms with Gasteiger partial charge in [-0.15, -0.1) is 0 Å². The number of urea groups is 1. The molecule has 2 aromatic carbocycles. The minimum atomic E-state index is -4.46. The maximum Gasteiger partial charge on any atom is 0.416 e. The highest BCUT2D eigenvalue weighted by atomic mass is 19.4. The maximum absolute atomic E-state index is 13.5. The van der Waals surface area contributed by atoms with Crippen molar-refractivity contribution < 1.29 is 27.5 Å². The van der Waals surface area contributed by atoms with E-state index in [9.17, 15) is 22.8 Å². The van der Waals surface area contributed by atoms with Gasteiger partial charge in [-0.25, -0.2) is 4.79 Å². The summed E-state index contributed by atoms with van der Waals surface area (Å²) in [7, 11) is 0. The van der Waals surface area contributed by atoms with Gasteiger partial charge in [-0.2, -0.15) is 13.2 Å². The lowest BCUT2D eigenvalue weighted by molar-refractivity contribution is -0.161. The number of allylic oxidation sites excluding steroid dienone is 3. The van der Waals surface area contributed by atoms with Gasteiger partial charge in [0.15, 0.2) is 0 Å². The van der Waals surface area contributed by atoms with E-state index in [-0.39, 0.29) is 30.7 Å². The predicted octanol–water partition coefficient (Wildman–Crippen LogP) is 6.12. The minimum Gasteiger partial charge on any atom is -0.460 e. The number of nitrogens with one attached hydrogen (secondary N) is 1. The van der Waals surface area contributed by atoms with Crippen molar-refractivity contribution >= 4 is 17.7 Å². The Morgan fingerprint density at radius 1 is 1.14 bits per heavy atom. The van der Waals surface area contributed by atoms with Gasteiger partial charge in [-0.3, -0.25) is 4.79 Å². The largest absolute Gasteiger partial charge is 0.460 e. The average molecular weight is 516 g/mol. The third-order valence-corrected chi connectivity index (χ3v) is 6.35. The highest BCUT2D eigenvalue weighted by molar-refractivity contribution is 5.90. The van der Waals surface area contributed by atoms with Crippen LogP contribution in [-0.2, 0) is 22.3 Å². The number of piperidine rings is 1. The molecule has 1 aliphatic heterocycles. The number of ether oxygens (including phenoxy) is 1. The highest BCUT2D eigenvalue weighted by Crippen LogP contribution is 2.39. The quantitative estimate of drug-likeness (QED) is 0.328. The van der Waals surface area contributed by atoms with Gasteiger partial charge in [0, 0.05) is 18.8 Å². The number of hydrogen-bond acceptors (Lipinski definition) is 4. The second kappa shape index (κ2) is 12.5. The summed E-state index contributed by atoms with van der Waals surface area (Å²) in [5.74, 6) is -0.378. The first-order chi connectivity index (χ1) is 17.6. The molecule has 1 unspecified atom stereocenters. The zero-order chi connectivity index (χ0) is 26.9. The second-order valence-corrected chi connectivity index (χ2v) is 9.32. The van der Waals surface area contributed by atoms with Crippen molar-refractivity contribution in [3.63, 3.8) is 0 Å². The molecule has 198 valence electrons. The Labute approximate surface area is 215 Å². The highest BCUT2D eigenvalue weighted by Gasteiger charge is 2.45. The van der Waals surface area contributed by atoms with E-state index in [2.05, 4.69) is 5.32 Å². The van der Waals surface area contributed by atoms with Crippen LogP contribution in [0.5, 0.6) is 0 Å². The van der Waals surface area contributed by atoms with Crippen LogP contribution in [0.25, 0.3) is 0 Å². The average Bonchev–Trinajstić information content (AvgIpc) is 2.88. The number of nitrogens with zero attached hydrogens (tertiary/aromatic N) is 1. The number of nitrogens with two attached hydrogens (primary N) is 1. The van der Waals surface area contributed by atoms with Crippen molar-refractivity contribution in [3.05, 3.63) is 90.2 Å². The van der Waals surface area contributed by atoms with Crippen molar-refractivity contribution in [1.82, 2.24) is 4.90 Å². The molecular formula is C28H32F3N3O3. The van der Waals surface area contributed by atoms with E-state index in [4.69, 9.17) is 10.5 Å². The number of likely N-dealkylation sites (tertiary alicyclic amines) is 1. The van der Waals surface area contributed by atoms with Crippen LogP contribution in [-0.4, -0.2) is 30.0 Å². The van der Waals surface area contributed by atoms with Crippen LogP contribution in [0.1, 0.15) is 37.3 Å². The number of carbonyl (C=O) groups excluding carboxylic acids is 2. The van der Waals surface area contributed by atoms with E-state index in [0.29, 0.717) is 25.8 Å². The molecule has 1 saturated heterocycles. The van der Waals surface area contributed by atoms with Gasteiger partial charge < -0.3 is 20.7 Å². The Morgan fingerprint density at radius 3 is 2.49 bits per heavy atom. The number of halogens is 3. The number of hydrogen-bond donors (Lipinski definition) is 2. The van der Waals surface area contributed by atoms with Gasteiger partial charge in [-0.1, -0.05) is 49.4 Å². The molecule has 3 N–H and O–H groups in total. The van der Waals surface area contributed by atoms with Gasteiger partial charge in [0.2, 0.25) is 0 Å². The van der Waals surface area contributed by atoms with E-state index in [0.717, 1.165) is 17.7 Å². The van der Waals surface area contributed by atoms with Crippen LogP contribution in [0.4, 0.5) is 23.7 Å². The van der Waals surface area contributed by atoms with E-state index in [1.54, 1.807) is 6.08 Å². The number of rotatable bonds is 8. The molecule has 37 heavy (non-hydrogen) atoms. The zero-order valence-electron chi connectivity index (χ0n) is 20.7. The molecule has 1 aliphatic rings. The summed E-state index contributed by atoms with van der Waals surface area (Å²) in [6.45, 7) is 2.66. The number of alkyl halides is 3. The van der Waals surface area contributed by atoms with E-state index in [1.807, 2.05) is 49.4 Å². The molecule has 2 amide bonds. The Kier molecular flexibility index (Phi) is 9.38. The van der Waals surface area contributed by atoms with E-state index < -0.39 is 23.2 Å². The maximum atomic E-state index is 13.5. The fourth-order valence-corrected chi connectivity index (χ4v) is 4.55. The monoisotopic (exact) mass is 515 g/mol. The lowest BCUT2D eigenvalue weighted by atomic mass is 9.73. The molecule has 2 atom stereocenters. The number of amides is 2. The first kappa shape index (κ1) is 27.8. The summed E-state index contributed by atoms with van der Waals surface area (Å²) in [5.41, 5.74) is 4.78. The van der Waals surface area contributed by atoms with Crippen molar-refractivity contribution in [2.45, 2.75) is 39.0 Å². The van der Waals surface area contributed by atoms with Gasteiger partial charge in [0.1, 0.15) is 6.61 Å². The van der Waals surface area contributed by atoms with E-state index >= 15 is 0 Å². The Balaban J connectivity index is 1.75. The van der Waals surface area contributed by atoms with Gasteiger partial charge in [-0.05, 0) is 67.3 Å². The SMILES string of the molecule is C[C@H](/C=C\C=C/N)CC1(C(=O)OCc2ccccc2)CCCN(C(=O)Nc2ccc(C(F)(F)F)cc2)C1. The lowest BCUT2D eigenvalue weighted by Gasteiger charge is -2.42. The van der Waals surface area contributed by atoms with Gasteiger partial charge in [0.25, 0.3) is 0 Å². The molecule has 0 aromatic heterocycles. The second-order valence-electron chi connectivity index (χ2n) is 9.32. The Morgan fingerprint density at radius 2 is 1.84 bits per heavy atom. The molecule has 3 rings (SSSR count). The summed E-state index contributed by atoms with van der Waals surface area (Å²) >= 11 is 0. The van der Waals surface area contributed by atoms with Crippen molar-refractivity contribution in [2.24, 2.45) is 17.1 Å². The molecule has 9 heteroatoms. The van der Waals surface area contributed by atoms with E-state index in [1.165, 1.54) is 23.2 Å². The Hall–Kier alpha value is -3.75. The molecule has 0 radical (unpaired) electrons. The molecule has 0 bridgehead atoms. The minimum absolute atomic E-state index is 0.00148. The molecule has 0 saturated carbocycles. The molecule has 2 aromatic rings. The van der Waals surface area contributed by atoms with Crippen LogP contribution in [0.15, 0.2) is 79.0 Å². The lowest BCUT2D eigenvalue weighted by Crippen LogP contribution is -2.52. The molecular weight excluding hydrogens is 483 g/mol. The smallest absolute Gasteiger partial charge is 0.416 e. The summed E-state index contributed by atoms with van der Waals surface area (Å²) < 4.78 is 44.3. The molecule has 1 fully saturated rings. The van der Waals surface area contributed by atoms with Crippen LogP contribution in [0.3, 0.4) is 0 Å². The number of carbonyl (C=O) groups is 2. The molecule has 6 nitrogen and oxygen atoms in total. The predicted molar refractivity (Wildman–Crippen MR) is 136 cm³/mol.